The minimum Gasteiger partial charge on any atom is -0.467 e. The summed E-state index contributed by atoms with van der Waals surface area (Å²) in [6, 6.07) is 6.14. The van der Waals surface area contributed by atoms with Crippen molar-refractivity contribution in [3.8, 4) is 11.4 Å². The van der Waals surface area contributed by atoms with Crippen molar-refractivity contribution in [2.24, 2.45) is 5.92 Å². The van der Waals surface area contributed by atoms with Gasteiger partial charge in [-0.05, 0) is 36.6 Å². The van der Waals surface area contributed by atoms with Crippen molar-refractivity contribution in [3.63, 3.8) is 0 Å². The minimum atomic E-state index is -0.786. The van der Waals surface area contributed by atoms with Gasteiger partial charge in [0, 0.05) is 17.0 Å². The molecule has 1 N–H and O–H groups in total. The minimum absolute atomic E-state index is 0.0397. The van der Waals surface area contributed by atoms with E-state index in [0.29, 0.717) is 17.3 Å². The van der Waals surface area contributed by atoms with Crippen LogP contribution in [0.15, 0.2) is 28.8 Å². The topological polar surface area (TPSA) is 121 Å². The van der Waals surface area contributed by atoms with Crippen molar-refractivity contribution in [2.75, 3.05) is 13.7 Å². The van der Waals surface area contributed by atoms with E-state index in [0.717, 1.165) is 5.56 Å². The van der Waals surface area contributed by atoms with E-state index in [1.807, 2.05) is 13.8 Å². The number of rotatable bonds is 10. The second kappa shape index (κ2) is 11.3. The molecule has 10 heteroatoms. The van der Waals surface area contributed by atoms with Crippen molar-refractivity contribution in [2.45, 2.75) is 39.2 Å². The Hall–Kier alpha value is -2.94. The Morgan fingerprint density at radius 3 is 2.53 bits per heavy atom. The molecule has 9 nitrogen and oxygen atoms in total. The first-order valence-corrected chi connectivity index (χ1v) is 9.77. The number of aromatic nitrogens is 2. The zero-order valence-corrected chi connectivity index (χ0v) is 17.8. The SMILES string of the molecule is COC(=O)C(CC(C)C)NC(=O)COC(=O)CCc1nc(-c2ccc(Cl)cc2)no1. The summed E-state index contributed by atoms with van der Waals surface area (Å²) in [7, 11) is 1.25. The maximum absolute atomic E-state index is 12.0. The largest absolute Gasteiger partial charge is 0.467 e. The summed E-state index contributed by atoms with van der Waals surface area (Å²) in [5, 5.41) is 6.97. The molecule has 162 valence electrons. The van der Waals surface area contributed by atoms with Gasteiger partial charge in [-0.25, -0.2) is 4.79 Å². The molecule has 0 saturated heterocycles. The number of esters is 2. The molecule has 1 unspecified atom stereocenters. The summed E-state index contributed by atoms with van der Waals surface area (Å²) in [6.45, 7) is 3.33. The molecule has 2 rings (SSSR count). The van der Waals surface area contributed by atoms with Gasteiger partial charge < -0.3 is 19.3 Å². The van der Waals surface area contributed by atoms with E-state index in [-0.39, 0.29) is 24.7 Å². The van der Waals surface area contributed by atoms with Crippen LogP contribution in [0.25, 0.3) is 11.4 Å². The highest BCUT2D eigenvalue weighted by molar-refractivity contribution is 6.30. The number of benzene rings is 1. The van der Waals surface area contributed by atoms with Gasteiger partial charge in [0.2, 0.25) is 11.7 Å². The number of aryl methyl sites for hydroxylation is 1. The monoisotopic (exact) mass is 437 g/mol. The van der Waals surface area contributed by atoms with Gasteiger partial charge in [-0.2, -0.15) is 4.98 Å². The zero-order chi connectivity index (χ0) is 22.1. The first-order valence-electron chi connectivity index (χ1n) is 9.39. The summed E-state index contributed by atoms with van der Waals surface area (Å²) in [5.74, 6) is -0.907. The van der Waals surface area contributed by atoms with Crippen molar-refractivity contribution in [3.05, 3.63) is 35.2 Å². The van der Waals surface area contributed by atoms with Crippen LogP contribution in [-0.2, 0) is 30.3 Å². The number of carbonyl (C=O) groups excluding carboxylic acids is 3. The number of halogens is 1. The molecule has 0 aliphatic rings. The van der Waals surface area contributed by atoms with E-state index in [9.17, 15) is 14.4 Å². The number of carbonyl (C=O) groups is 3. The predicted molar refractivity (Wildman–Crippen MR) is 107 cm³/mol. The Labute approximate surface area is 179 Å². The molecule has 30 heavy (non-hydrogen) atoms. The average molecular weight is 438 g/mol. The Morgan fingerprint density at radius 1 is 1.20 bits per heavy atom. The number of hydrogen-bond donors (Lipinski definition) is 1. The standard InChI is InChI=1S/C20H24ClN3O6/c1-12(2)10-15(20(27)28-3)22-16(25)11-29-18(26)9-8-17-23-19(24-30-17)13-4-6-14(21)7-5-13/h4-7,12,15H,8-11H2,1-3H3,(H,22,25). The first kappa shape index (κ1) is 23.3. The zero-order valence-electron chi connectivity index (χ0n) is 17.0. The summed E-state index contributed by atoms with van der Waals surface area (Å²) in [6.07, 6.45) is 0.542. The highest BCUT2D eigenvalue weighted by Crippen LogP contribution is 2.19. The summed E-state index contributed by atoms with van der Waals surface area (Å²) < 4.78 is 14.7. The number of amides is 1. The molecule has 1 heterocycles. The number of ether oxygens (including phenoxy) is 2. The first-order chi connectivity index (χ1) is 14.3. The summed E-state index contributed by atoms with van der Waals surface area (Å²) in [4.78, 5) is 39.8. The molecule has 0 bridgehead atoms. The van der Waals surface area contributed by atoms with Crippen molar-refractivity contribution in [1.29, 1.82) is 0 Å². The van der Waals surface area contributed by atoms with Gasteiger partial charge in [-0.1, -0.05) is 30.6 Å². The molecule has 0 spiro atoms. The third-order valence-corrected chi connectivity index (χ3v) is 4.26. The van der Waals surface area contributed by atoms with E-state index in [2.05, 4.69) is 20.2 Å². The number of hydrogen-bond acceptors (Lipinski definition) is 8. The molecule has 0 fully saturated rings. The molecular weight excluding hydrogens is 414 g/mol. The van der Waals surface area contributed by atoms with Gasteiger partial charge in [0.1, 0.15) is 6.04 Å². The quantitative estimate of drug-likeness (QED) is 0.563. The third kappa shape index (κ3) is 7.47. The van der Waals surface area contributed by atoms with Crippen LogP contribution in [0.2, 0.25) is 5.02 Å². The van der Waals surface area contributed by atoms with Crippen LogP contribution >= 0.6 is 11.6 Å². The fraction of sp³-hybridized carbons (Fsp3) is 0.450. The van der Waals surface area contributed by atoms with Gasteiger partial charge in [0.15, 0.2) is 6.61 Å². The molecule has 1 atom stereocenters. The van der Waals surface area contributed by atoms with Crippen LogP contribution in [0, 0.1) is 5.92 Å². The van der Waals surface area contributed by atoms with Crippen LogP contribution in [0.1, 0.15) is 32.6 Å². The van der Waals surface area contributed by atoms with Crippen molar-refractivity contribution in [1.82, 2.24) is 15.5 Å². The van der Waals surface area contributed by atoms with Gasteiger partial charge >= 0.3 is 11.9 Å². The molecule has 0 radical (unpaired) electrons. The van der Waals surface area contributed by atoms with E-state index in [4.69, 9.17) is 20.9 Å². The normalized spacial score (nSPS) is 11.8. The van der Waals surface area contributed by atoms with Crippen molar-refractivity contribution < 1.29 is 28.4 Å². The van der Waals surface area contributed by atoms with E-state index in [1.54, 1.807) is 24.3 Å². The fourth-order valence-corrected chi connectivity index (χ4v) is 2.69. The van der Waals surface area contributed by atoms with Gasteiger partial charge in [0.25, 0.3) is 5.91 Å². The van der Waals surface area contributed by atoms with E-state index < -0.39 is 30.5 Å². The number of nitrogens with zero attached hydrogens (tertiary/aromatic N) is 2. The predicted octanol–water partition coefficient (Wildman–Crippen LogP) is 2.57. The smallest absolute Gasteiger partial charge is 0.328 e. The molecule has 0 aliphatic heterocycles. The molecule has 1 amide bonds. The van der Waals surface area contributed by atoms with Gasteiger partial charge in [0.05, 0.1) is 13.5 Å². The summed E-state index contributed by atoms with van der Waals surface area (Å²) in [5.41, 5.74) is 0.732. The highest BCUT2D eigenvalue weighted by Gasteiger charge is 2.23. The Balaban J connectivity index is 1.77. The van der Waals surface area contributed by atoms with Crippen LogP contribution in [0.4, 0.5) is 0 Å². The van der Waals surface area contributed by atoms with Crippen LogP contribution in [-0.4, -0.2) is 47.7 Å². The average Bonchev–Trinajstić information content (AvgIpc) is 3.19. The molecule has 1 aromatic heterocycles. The second-order valence-corrected chi connectivity index (χ2v) is 7.39. The molecule has 1 aromatic carbocycles. The lowest BCUT2D eigenvalue weighted by Crippen LogP contribution is -2.44. The highest BCUT2D eigenvalue weighted by atomic mass is 35.5. The Kier molecular flexibility index (Phi) is 8.79. The van der Waals surface area contributed by atoms with Crippen LogP contribution < -0.4 is 5.32 Å². The molecular formula is C20H24ClN3O6. The Bertz CT molecular complexity index is 866. The lowest BCUT2D eigenvalue weighted by atomic mass is 10.0. The number of methoxy groups -OCH3 is 1. The van der Waals surface area contributed by atoms with Crippen LogP contribution in [0.5, 0.6) is 0 Å². The molecule has 0 saturated carbocycles. The molecule has 2 aromatic rings. The lowest BCUT2D eigenvalue weighted by Gasteiger charge is -2.18. The number of nitrogens with one attached hydrogen (secondary N) is 1. The third-order valence-electron chi connectivity index (χ3n) is 4.01. The van der Waals surface area contributed by atoms with Gasteiger partial charge in [-0.15, -0.1) is 0 Å². The second-order valence-electron chi connectivity index (χ2n) is 6.95. The Morgan fingerprint density at radius 2 is 1.90 bits per heavy atom. The van der Waals surface area contributed by atoms with Gasteiger partial charge in [-0.3, -0.25) is 9.59 Å². The lowest BCUT2D eigenvalue weighted by molar-refractivity contribution is -0.150. The maximum atomic E-state index is 12.0. The maximum Gasteiger partial charge on any atom is 0.328 e. The van der Waals surface area contributed by atoms with E-state index in [1.165, 1.54) is 7.11 Å². The van der Waals surface area contributed by atoms with E-state index >= 15 is 0 Å². The van der Waals surface area contributed by atoms with Crippen LogP contribution in [0.3, 0.4) is 0 Å². The fourth-order valence-electron chi connectivity index (χ4n) is 2.56. The summed E-state index contributed by atoms with van der Waals surface area (Å²) >= 11 is 5.85. The van der Waals surface area contributed by atoms with Crippen molar-refractivity contribution >= 4 is 29.4 Å². The molecule has 0 aliphatic carbocycles.